The Morgan fingerprint density at radius 2 is 1.96 bits per heavy atom. The summed E-state index contributed by atoms with van der Waals surface area (Å²) < 4.78 is 39.5. The minimum absolute atomic E-state index is 0.0556. The minimum Gasteiger partial charge on any atom is -0.486 e. The van der Waals surface area contributed by atoms with Gasteiger partial charge in [-0.15, -0.1) is 0 Å². The van der Waals surface area contributed by atoms with Crippen LogP contribution in [-0.4, -0.2) is 41.9 Å². The molecule has 4 heterocycles. The Hall–Kier alpha value is -2.19. The summed E-state index contributed by atoms with van der Waals surface area (Å²) in [6.45, 7) is 2.77. The molecule has 2 atom stereocenters. The fourth-order valence-electron chi connectivity index (χ4n) is 4.20. The first-order chi connectivity index (χ1) is 12.5. The molecular formula is C18H19N3O4S. The second-order valence-electron chi connectivity index (χ2n) is 6.91. The van der Waals surface area contributed by atoms with Crippen LogP contribution >= 0.6 is 0 Å². The van der Waals surface area contributed by atoms with Crippen LogP contribution in [-0.2, 0) is 16.4 Å². The Bertz CT molecular complexity index is 992. The Kier molecular flexibility index (Phi) is 3.48. The molecule has 8 heteroatoms. The Morgan fingerprint density at radius 3 is 2.81 bits per heavy atom. The highest BCUT2D eigenvalue weighted by Crippen LogP contribution is 2.46. The molecule has 0 amide bonds. The van der Waals surface area contributed by atoms with Gasteiger partial charge in [0.1, 0.15) is 19.0 Å². The smallest absolute Gasteiger partial charge is 0.244 e. The normalized spacial score (nSPS) is 24.3. The molecule has 26 heavy (non-hydrogen) atoms. The van der Waals surface area contributed by atoms with Crippen molar-refractivity contribution in [2.75, 3.05) is 13.2 Å². The number of aromatic nitrogens is 2. The van der Waals surface area contributed by atoms with Crippen LogP contribution in [0.1, 0.15) is 36.0 Å². The predicted molar refractivity (Wildman–Crippen MR) is 92.7 cm³/mol. The third-order valence-corrected chi connectivity index (χ3v) is 7.30. The molecule has 1 aromatic heterocycles. The number of aryl methyl sites for hydroxylation is 1. The molecule has 1 aromatic carbocycles. The van der Waals surface area contributed by atoms with Gasteiger partial charge in [-0.1, -0.05) is 0 Å². The van der Waals surface area contributed by atoms with Crippen molar-refractivity contribution in [3.8, 4) is 11.5 Å². The highest BCUT2D eigenvalue weighted by atomic mass is 32.2. The first-order valence-electron chi connectivity index (χ1n) is 8.79. The maximum Gasteiger partial charge on any atom is 0.244 e. The molecule has 136 valence electrons. The van der Waals surface area contributed by atoms with Gasteiger partial charge in [-0.3, -0.25) is 0 Å². The van der Waals surface area contributed by atoms with E-state index in [1.165, 1.54) is 0 Å². The van der Waals surface area contributed by atoms with Crippen molar-refractivity contribution in [1.29, 1.82) is 0 Å². The average Bonchev–Trinajstić information content (AvgIpc) is 2.97. The molecule has 1 saturated heterocycles. The van der Waals surface area contributed by atoms with Crippen LogP contribution < -0.4 is 9.47 Å². The van der Waals surface area contributed by atoms with Crippen molar-refractivity contribution in [3.05, 3.63) is 41.5 Å². The Labute approximate surface area is 152 Å². The second kappa shape index (κ2) is 5.65. The molecule has 0 radical (unpaired) electrons. The minimum atomic E-state index is -3.64. The highest BCUT2D eigenvalue weighted by molar-refractivity contribution is 7.89. The first kappa shape index (κ1) is 16.0. The highest BCUT2D eigenvalue weighted by Gasteiger charge is 2.47. The van der Waals surface area contributed by atoms with Crippen molar-refractivity contribution in [3.63, 3.8) is 0 Å². The summed E-state index contributed by atoms with van der Waals surface area (Å²) in [6.07, 6.45) is 4.06. The van der Waals surface area contributed by atoms with Gasteiger partial charge in [-0.25, -0.2) is 18.4 Å². The van der Waals surface area contributed by atoms with Crippen molar-refractivity contribution in [1.82, 2.24) is 14.3 Å². The molecular weight excluding hydrogens is 354 g/mol. The van der Waals surface area contributed by atoms with E-state index in [0.717, 1.165) is 29.9 Å². The molecule has 0 aliphatic carbocycles. The van der Waals surface area contributed by atoms with Gasteiger partial charge in [0.25, 0.3) is 0 Å². The van der Waals surface area contributed by atoms with E-state index in [1.54, 1.807) is 28.7 Å². The van der Waals surface area contributed by atoms with Crippen LogP contribution in [0.2, 0.25) is 0 Å². The van der Waals surface area contributed by atoms with Gasteiger partial charge in [0.15, 0.2) is 11.5 Å². The van der Waals surface area contributed by atoms with E-state index < -0.39 is 10.0 Å². The number of ether oxygens (including phenoxy) is 2. The Morgan fingerprint density at radius 1 is 1.15 bits per heavy atom. The molecule has 3 aliphatic heterocycles. The summed E-state index contributed by atoms with van der Waals surface area (Å²) in [5.74, 6) is 1.80. The third-order valence-electron chi connectivity index (χ3n) is 5.34. The lowest BCUT2D eigenvalue weighted by molar-refractivity contribution is 0.171. The van der Waals surface area contributed by atoms with Crippen molar-refractivity contribution >= 4 is 10.0 Å². The van der Waals surface area contributed by atoms with Crippen LogP contribution in [0.4, 0.5) is 0 Å². The maximum absolute atomic E-state index is 13.4. The summed E-state index contributed by atoms with van der Waals surface area (Å²) in [4.78, 5) is 9.06. The molecule has 2 bridgehead atoms. The first-order valence-corrected chi connectivity index (χ1v) is 10.2. The molecule has 7 nitrogen and oxygen atoms in total. The lowest BCUT2D eigenvalue weighted by Crippen LogP contribution is -2.42. The zero-order valence-corrected chi connectivity index (χ0v) is 15.2. The lowest BCUT2D eigenvalue weighted by Gasteiger charge is -2.34. The van der Waals surface area contributed by atoms with Gasteiger partial charge in [0.05, 0.1) is 16.6 Å². The van der Waals surface area contributed by atoms with E-state index in [-0.39, 0.29) is 17.0 Å². The standard InChI is InChI=1S/C18H19N3O4S/c1-11-19-10-14-15(20-11)8-12-2-4-16(14)21(12)26(22,23)13-3-5-17-18(9-13)25-7-6-24-17/h3,5,9-10,12,16H,2,4,6-8H2,1H3/t12-,16+/m0/s1. The van der Waals surface area contributed by atoms with Crippen molar-refractivity contribution in [2.24, 2.45) is 0 Å². The van der Waals surface area contributed by atoms with E-state index in [9.17, 15) is 8.42 Å². The summed E-state index contributed by atoms with van der Waals surface area (Å²) in [6, 6.07) is 4.60. The summed E-state index contributed by atoms with van der Waals surface area (Å²) in [5.41, 5.74) is 1.92. The van der Waals surface area contributed by atoms with Gasteiger partial charge in [-0.2, -0.15) is 4.31 Å². The van der Waals surface area contributed by atoms with E-state index in [1.807, 2.05) is 6.92 Å². The molecule has 5 rings (SSSR count). The topological polar surface area (TPSA) is 81.6 Å². The molecule has 0 saturated carbocycles. The van der Waals surface area contributed by atoms with E-state index >= 15 is 0 Å². The molecule has 2 aromatic rings. The largest absolute Gasteiger partial charge is 0.486 e. The second-order valence-corrected chi connectivity index (χ2v) is 8.75. The number of benzene rings is 1. The van der Waals surface area contributed by atoms with Gasteiger partial charge in [0.2, 0.25) is 10.0 Å². The van der Waals surface area contributed by atoms with Crippen molar-refractivity contribution < 1.29 is 17.9 Å². The van der Waals surface area contributed by atoms with Crippen molar-refractivity contribution in [2.45, 2.75) is 43.2 Å². The molecule has 0 N–H and O–H groups in total. The summed E-state index contributed by atoms with van der Waals surface area (Å²) in [7, 11) is -3.64. The number of hydrogen-bond donors (Lipinski definition) is 0. The summed E-state index contributed by atoms with van der Waals surface area (Å²) >= 11 is 0. The van der Waals surface area contributed by atoms with Gasteiger partial charge < -0.3 is 9.47 Å². The predicted octanol–water partition coefficient (Wildman–Crippen LogP) is 2.01. The van der Waals surface area contributed by atoms with Gasteiger partial charge >= 0.3 is 0 Å². The van der Waals surface area contributed by atoms with Crippen LogP contribution in [0.15, 0.2) is 29.3 Å². The maximum atomic E-state index is 13.4. The number of fused-ring (bicyclic) bond motifs is 5. The molecule has 0 spiro atoms. The fourth-order valence-corrected chi connectivity index (χ4v) is 6.07. The lowest BCUT2D eigenvalue weighted by atomic mass is 10.0. The van der Waals surface area contributed by atoms with Crippen LogP contribution in [0.3, 0.4) is 0 Å². The average molecular weight is 373 g/mol. The fraction of sp³-hybridized carbons (Fsp3) is 0.444. The van der Waals surface area contributed by atoms with Crippen LogP contribution in [0.5, 0.6) is 11.5 Å². The number of nitrogens with zero attached hydrogens (tertiary/aromatic N) is 3. The van der Waals surface area contributed by atoms with Gasteiger partial charge in [0, 0.05) is 30.3 Å². The van der Waals surface area contributed by atoms with E-state index in [4.69, 9.17) is 9.47 Å². The zero-order valence-electron chi connectivity index (χ0n) is 14.4. The number of hydrogen-bond acceptors (Lipinski definition) is 6. The number of rotatable bonds is 2. The van der Waals surface area contributed by atoms with E-state index in [0.29, 0.717) is 31.1 Å². The zero-order chi connectivity index (χ0) is 17.9. The van der Waals surface area contributed by atoms with Crippen LogP contribution in [0.25, 0.3) is 0 Å². The monoisotopic (exact) mass is 373 g/mol. The van der Waals surface area contributed by atoms with Gasteiger partial charge in [-0.05, 0) is 31.9 Å². The van der Waals surface area contributed by atoms with Crippen LogP contribution in [0, 0.1) is 6.92 Å². The Balaban J connectivity index is 1.56. The third kappa shape index (κ3) is 2.32. The molecule has 3 aliphatic rings. The van der Waals surface area contributed by atoms with E-state index in [2.05, 4.69) is 9.97 Å². The summed E-state index contributed by atoms with van der Waals surface area (Å²) in [5, 5.41) is 0. The molecule has 1 fully saturated rings. The quantitative estimate of drug-likeness (QED) is 0.801. The number of sulfonamides is 1. The SMILES string of the molecule is Cc1ncc2c(n1)C[C@@H]1CC[C@H]2N1S(=O)(=O)c1ccc2c(c1)OCCO2. The molecule has 0 unspecified atom stereocenters.